The van der Waals surface area contributed by atoms with E-state index in [0.717, 1.165) is 35.6 Å². The highest BCUT2D eigenvalue weighted by atomic mass is 32.2. The van der Waals surface area contributed by atoms with Crippen LogP contribution in [-0.4, -0.2) is 32.0 Å². The Morgan fingerprint density at radius 3 is 1.94 bits per heavy atom. The number of rotatable bonds is 9. The van der Waals surface area contributed by atoms with Gasteiger partial charge in [0.2, 0.25) is 0 Å². The minimum atomic E-state index is -4.00. The molecule has 8 nitrogen and oxygen atoms in total. The number of aryl methyl sites for hydroxylation is 1. The molecule has 3 rings (SSSR count). The molecule has 0 bridgehead atoms. The molecule has 0 saturated carbocycles. The highest BCUT2D eigenvalue weighted by Gasteiger charge is 2.05. The van der Waals surface area contributed by atoms with E-state index in [1.165, 1.54) is 12.1 Å². The maximum Gasteiger partial charge on any atom is 0.294 e. The fourth-order valence-corrected chi connectivity index (χ4v) is 3.15. The van der Waals surface area contributed by atoms with Gasteiger partial charge in [0.05, 0.1) is 18.1 Å². The molecule has 6 N–H and O–H groups in total. The van der Waals surface area contributed by atoms with E-state index in [4.69, 9.17) is 30.9 Å². The fourth-order valence-electron chi connectivity index (χ4n) is 2.65. The van der Waals surface area contributed by atoms with E-state index in [1.54, 1.807) is 30.3 Å². The van der Waals surface area contributed by atoms with Gasteiger partial charge in [0.1, 0.15) is 17.3 Å². The zero-order valence-electron chi connectivity index (χ0n) is 18.4. The lowest BCUT2D eigenvalue weighted by molar-refractivity contribution is 0.266. The first kappa shape index (κ1) is 25.7. The van der Waals surface area contributed by atoms with Crippen LogP contribution in [0.25, 0.3) is 0 Å². The lowest BCUT2D eigenvalue weighted by Gasteiger charge is -2.09. The Hall–Kier alpha value is -3.56. The van der Waals surface area contributed by atoms with E-state index in [0.29, 0.717) is 18.8 Å². The number of amidine groups is 1. The van der Waals surface area contributed by atoms with Gasteiger partial charge in [-0.25, -0.2) is 0 Å². The molecule has 0 spiro atoms. The summed E-state index contributed by atoms with van der Waals surface area (Å²) in [6.45, 7) is 3.24. The van der Waals surface area contributed by atoms with Crippen LogP contribution in [0, 0.1) is 12.3 Å². The summed E-state index contributed by atoms with van der Waals surface area (Å²) < 4.78 is 40.6. The van der Waals surface area contributed by atoms with E-state index in [2.05, 4.69) is 0 Å². The molecular weight excluding hydrogens is 442 g/mol. The van der Waals surface area contributed by atoms with Crippen LogP contribution in [0.2, 0.25) is 0 Å². The van der Waals surface area contributed by atoms with E-state index >= 15 is 0 Å². The van der Waals surface area contributed by atoms with Crippen LogP contribution in [-0.2, 0) is 10.1 Å². The lowest BCUT2D eigenvalue weighted by Crippen LogP contribution is -2.10. The number of benzene rings is 3. The van der Waals surface area contributed by atoms with Gasteiger partial charge in [-0.3, -0.25) is 9.96 Å². The molecule has 0 radical (unpaired) electrons. The van der Waals surface area contributed by atoms with E-state index in [9.17, 15) is 8.42 Å². The monoisotopic (exact) mass is 471 g/mol. The van der Waals surface area contributed by atoms with E-state index < -0.39 is 10.1 Å². The van der Waals surface area contributed by atoms with Crippen molar-refractivity contribution in [3.8, 4) is 11.5 Å². The van der Waals surface area contributed by atoms with Crippen molar-refractivity contribution in [2.24, 2.45) is 5.73 Å². The summed E-state index contributed by atoms with van der Waals surface area (Å²) in [5.41, 5.74) is 13.7. The van der Waals surface area contributed by atoms with Crippen LogP contribution in [0.5, 0.6) is 11.5 Å². The molecule has 0 aliphatic carbocycles. The van der Waals surface area contributed by atoms with E-state index in [1.807, 2.05) is 37.3 Å². The third-order valence-electron chi connectivity index (χ3n) is 4.52. The maximum atomic E-state index is 10.4. The Morgan fingerprint density at radius 1 is 0.909 bits per heavy atom. The highest BCUT2D eigenvalue weighted by Crippen LogP contribution is 2.19. The number of hydrogen-bond donors (Lipinski definition) is 4. The van der Waals surface area contributed by atoms with E-state index in [-0.39, 0.29) is 10.7 Å². The topological polar surface area (TPSA) is 149 Å². The average molecular weight is 472 g/mol. The number of anilines is 1. The van der Waals surface area contributed by atoms with Gasteiger partial charge in [-0.05, 0) is 79.9 Å². The molecule has 0 aromatic heterocycles. The first-order chi connectivity index (χ1) is 15.7. The standard InChI is InChI=1S/C18H23N3O2.C6H6O3S/c1-13-12-16(8-9-17(13)19)23-11-3-2-10-22-15-6-4-14(5-7-15)18(20)21;7-10(8,9)6-4-2-1-3-5-6/h4-9,12H,2-3,10-11,19H2,1H3,(H3,20,21);1-5H,(H,7,8,9). The Labute approximate surface area is 194 Å². The number of nitrogen functional groups attached to an aromatic ring is 2. The van der Waals surface area contributed by atoms with Crippen molar-refractivity contribution in [1.29, 1.82) is 5.41 Å². The van der Waals surface area contributed by atoms with Crippen LogP contribution in [0.3, 0.4) is 0 Å². The van der Waals surface area contributed by atoms with Crippen LogP contribution in [0.4, 0.5) is 5.69 Å². The minimum absolute atomic E-state index is 0.0617. The van der Waals surface area contributed by atoms with Gasteiger partial charge < -0.3 is 20.9 Å². The predicted octanol–water partition coefficient (Wildman–Crippen LogP) is 4.03. The highest BCUT2D eigenvalue weighted by molar-refractivity contribution is 7.85. The lowest BCUT2D eigenvalue weighted by atomic mass is 10.2. The van der Waals surface area contributed by atoms with Crippen molar-refractivity contribution >= 4 is 21.6 Å². The molecule has 0 fully saturated rings. The van der Waals surface area contributed by atoms with Crippen LogP contribution in [0.15, 0.2) is 77.7 Å². The van der Waals surface area contributed by atoms with Gasteiger partial charge in [0.25, 0.3) is 10.1 Å². The number of nitrogens with one attached hydrogen (secondary N) is 1. The number of nitrogens with two attached hydrogens (primary N) is 2. The molecule has 3 aromatic carbocycles. The van der Waals surface area contributed by atoms with Crippen LogP contribution >= 0.6 is 0 Å². The van der Waals surface area contributed by atoms with Gasteiger partial charge >= 0.3 is 0 Å². The maximum absolute atomic E-state index is 10.4. The smallest absolute Gasteiger partial charge is 0.294 e. The van der Waals surface area contributed by atoms with Gasteiger partial charge in [0, 0.05) is 11.3 Å². The van der Waals surface area contributed by atoms with Gasteiger partial charge in [-0.1, -0.05) is 18.2 Å². The summed E-state index contributed by atoms with van der Waals surface area (Å²) in [5.74, 6) is 1.69. The van der Waals surface area contributed by atoms with Crippen molar-refractivity contribution in [3.63, 3.8) is 0 Å². The van der Waals surface area contributed by atoms with Gasteiger partial charge in [-0.2, -0.15) is 8.42 Å². The molecule has 3 aromatic rings. The SMILES string of the molecule is Cc1cc(OCCCCOc2ccc(C(=N)N)cc2)ccc1N.O=S(=O)(O)c1ccccc1. The van der Waals surface area contributed by atoms with Crippen LogP contribution < -0.4 is 20.9 Å². The molecule has 0 heterocycles. The Kier molecular flexibility index (Phi) is 9.71. The van der Waals surface area contributed by atoms with Crippen LogP contribution in [0.1, 0.15) is 24.0 Å². The number of ether oxygens (including phenoxy) is 2. The summed E-state index contributed by atoms with van der Waals surface area (Å²) in [6, 6.07) is 20.3. The largest absolute Gasteiger partial charge is 0.494 e. The molecule has 0 aliphatic rings. The van der Waals surface area contributed by atoms with Crippen molar-refractivity contribution in [3.05, 3.63) is 83.9 Å². The second-order valence-corrected chi connectivity index (χ2v) is 8.57. The van der Waals surface area contributed by atoms with Gasteiger partial charge in [-0.15, -0.1) is 0 Å². The normalized spacial score (nSPS) is 10.6. The van der Waals surface area contributed by atoms with Crippen molar-refractivity contribution < 1.29 is 22.4 Å². The number of unbranched alkanes of at least 4 members (excludes halogenated alkanes) is 1. The summed E-state index contributed by atoms with van der Waals surface area (Å²) in [5, 5.41) is 7.33. The minimum Gasteiger partial charge on any atom is -0.494 e. The molecule has 0 aliphatic heterocycles. The predicted molar refractivity (Wildman–Crippen MR) is 130 cm³/mol. The molecule has 0 amide bonds. The first-order valence-electron chi connectivity index (χ1n) is 10.3. The Bertz CT molecular complexity index is 1130. The molecule has 0 unspecified atom stereocenters. The van der Waals surface area contributed by atoms with Crippen molar-refractivity contribution in [2.45, 2.75) is 24.7 Å². The third kappa shape index (κ3) is 9.22. The van der Waals surface area contributed by atoms with Gasteiger partial charge in [0.15, 0.2) is 0 Å². The molecular formula is C24H29N3O5S. The quantitative estimate of drug-likeness (QED) is 0.121. The summed E-state index contributed by atoms with van der Waals surface area (Å²) >= 11 is 0. The van der Waals surface area contributed by atoms with Crippen molar-refractivity contribution in [1.82, 2.24) is 0 Å². The summed E-state index contributed by atoms with van der Waals surface area (Å²) in [6.07, 6.45) is 1.82. The average Bonchev–Trinajstić information content (AvgIpc) is 2.79. The first-order valence-corrected chi connectivity index (χ1v) is 11.7. The molecule has 176 valence electrons. The second kappa shape index (κ2) is 12.5. The molecule has 0 atom stereocenters. The fraction of sp³-hybridized carbons (Fsp3) is 0.208. The molecule has 9 heteroatoms. The molecule has 33 heavy (non-hydrogen) atoms. The zero-order chi connectivity index (χ0) is 24.3. The second-order valence-electron chi connectivity index (χ2n) is 7.15. The third-order valence-corrected chi connectivity index (χ3v) is 5.39. The Balaban J connectivity index is 0.000000321. The number of hydrogen-bond acceptors (Lipinski definition) is 6. The summed E-state index contributed by atoms with van der Waals surface area (Å²) in [7, 11) is -4.00. The zero-order valence-corrected chi connectivity index (χ0v) is 19.2. The molecule has 0 saturated heterocycles. The Morgan fingerprint density at radius 2 is 1.45 bits per heavy atom. The summed E-state index contributed by atoms with van der Waals surface area (Å²) in [4.78, 5) is -0.0741. The van der Waals surface area contributed by atoms with Crippen molar-refractivity contribution in [2.75, 3.05) is 18.9 Å².